The molecule has 0 bridgehead atoms. The molecule has 5 nitrogen and oxygen atoms in total. The van der Waals surface area contributed by atoms with Crippen LogP contribution < -0.4 is 9.64 Å². The molecule has 204 valence electrons. The van der Waals surface area contributed by atoms with Crippen LogP contribution in [0.2, 0.25) is 5.15 Å². The van der Waals surface area contributed by atoms with Crippen molar-refractivity contribution in [3.8, 4) is 5.75 Å². The fourth-order valence-corrected chi connectivity index (χ4v) is 5.45. The maximum absolute atomic E-state index is 13.9. The Bertz CT molecular complexity index is 1420. The molecule has 2 aliphatic rings. The first-order valence-electron chi connectivity index (χ1n) is 12.2. The Labute approximate surface area is 226 Å². The van der Waals surface area contributed by atoms with Gasteiger partial charge in [-0.25, -0.2) is 13.8 Å². The number of hydrogen-bond acceptors (Lipinski definition) is 4. The number of fused-ring (bicyclic) bond motifs is 2. The van der Waals surface area contributed by atoms with Crippen molar-refractivity contribution in [2.24, 2.45) is 0 Å². The zero-order chi connectivity index (χ0) is 27.8. The van der Waals surface area contributed by atoms with Crippen LogP contribution in [0.25, 0.3) is 6.08 Å². The molecule has 1 aromatic heterocycles. The Balaban J connectivity index is 1.36. The van der Waals surface area contributed by atoms with Crippen molar-refractivity contribution in [3.05, 3.63) is 94.3 Å². The van der Waals surface area contributed by atoms with Crippen molar-refractivity contribution in [2.75, 3.05) is 31.1 Å². The number of benzene rings is 2. The lowest BCUT2D eigenvalue weighted by molar-refractivity contribution is -0.274. The Kier molecular flexibility index (Phi) is 7.35. The summed E-state index contributed by atoms with van der Waals surface area (Å²) in [6.07, 6.45) is 1.11. The Morgan fingerprint density at radius 2 is 1.85 bits per heavy atom. The topological polar surface area (TPSA) is 45.7 Å². The summed E-state index contributed by atoms with van der Waals surface area (Å²) >= 11 is 5.98. The van der Waals surface area contributed by atoms with Gasteiger partial charge in [0.2, 0.25) is 0 Å². The van der Waals surface area contributed by atoms with Gasteiger partial charge in [0.15, 0.2) is 0 Å². The number of likely N-dealkylation sites (tertiary alicyclic amines) is 1. The van der Waals surface area contributed by atoms with E-state index in [4.69, 9.17) is 11.6 Å². The number of pyridine rings is 1. The van der Waals surface area contributed by atoms with Gasteiger partial charge in [-0.3, -0.25) is 9.69 Å². The van der Waals surface area contributed by atoms with E-state index in [0.29, 0.717) is 55.8 Å². The molecular formula is C28H23ClF5N3O2. The Hall–Kier alpha value is -3.50. The average Bonchev–Trinajstić information content (AvgIpc) is 3.18. The molecule has 3 aromatic rings. The van der Waals surface area contributed by atoms with Crippen molar-refractivity contribution in [1.29, 1.82) is 0 Å². The van der Waals surface area contributed by atoms with E-state index in [1.807, 2.05) is 0 Å². The van der Waals surface area contributed by atoms with Crippen LogP contribution in [0, 0.1) is 11.6 Å². The smallest absolute Gasteiger partial charge is 0.406 e. The fourth-order valence-electron chi connectivity index (χ4n) is 5.27. The third-order valence-electron chi connectivity index (χ3n) is 7.18. The molecule has 0 atom stereocenters. The van der Waals surface area contributed by atoms with E-state index in [1.165, 1.54) is 42.6 Å². The number of hydrogen-bond donors (Lipinski definition) is 0. The van der Waals surface area contributed by atoms with Crippen molar-refractivity contribution in [1.82, 2.24) is 9.88 Å². The fraction of sp³-hybridized carbons (Fsp3) is 0.286. The molecule has 1 amide bonds. The van der Waals surface area contributed by atoms with E-state index in [0.717, 1.165) is 6.07 Å². The second kappa shape index (κ2) is 10.6. The normalized spacial score (nSPS) is 17.1. The summed E-state index contributed by atoms with van der Waals surface area (Å²) in [5.41, 5.74) is 1.18. The molecule has 3 heterocycles. The molecule has 2 aromatic carbocycles. The average molecular weight is 564 g/mol. The van der Waals surface area contributed by atoms with E-state index in [2.05, 4.69) is 14.6 Å². The SMILES string of the molecule is O=C(c1ccnc(Cl)c1)N1CC2(CCN(C/C=C/c3ccc(F)cc3F)CC2)c2cc(OC(F)(F)F)ccc21. The van der Waals surface area contributed by atoms with Crippen LogP contribution in [0.5, 0.6) is 5.75 Å². The molecule has 39 heavy (non-hydrogen) atoms. The van der Waals surface area contributed by atoms with Crippen molar-refractivity contribution in [3.63, 3.8) is 0 Å². The molecule has 1 spiro atoms. The van der Waals surface area contributed by atoms with E-state index in [-0.39, 0.29) is 22.4 Å². The quantitative estimate of drug-likeness (QED) is 0.259. The van der Waals surface area contributed by atoms with Gasteiger partial charge < -0.3 is 9.64 Å². The molecule has 5 rings (SSSR count). The lowest BCUT2D eigenvalue weighted by Crippen LogP contribution is -2.46. The van der Waals surface area contributed by atoms with Crippen LogP contribution in [0.1, 0.15) is 34.3 Å². The third kappa shape index (κ3) is 5.91. The van der Waals surface area contributed by atoms with Crippen molar-refractivity contribution >= 4 is 29.3 Å². The standard InChI is InChI=1S/C28H23ClF5N3O2/c29-25-14-19(7-10-35-25)26(38)37-17-27(22-16-21(5-6-24(22)37)39-28(32,33)34)8-12-36(13-9-27)11-1-2-18-3-4-20(30)15-23(18)31/h1-7,10,14-16H,8-9,11-13,17H2/b2-1+. The molecule has 0 N–H and O–H groups in total. The van der Waals surface area contributed by atoms with Crippen LogP contribution in [-0.4, -0.2) is 48.3 Å². The van der Waals surface area contributed by atoms with E-state index >= 15 is 0 Å². The number of alkyl halides is 3. The number of carbonyl (C=O) groups excluding carboxylic acids is 1. The van der Waals surface area contributed by atoms with Gasteiger partial charge in [-0.05, 0) is 74.0 Å². The number of anilines is 1. The first-order valence-corrected chi connectivity index (χ1v) is 12.6. The second-order valence-corrected chi connectivity index (χ2v) is 10.0. The van der Waals surface area contributed by atoms with Gasteiger partial charge in [-0.15, -0.1) is 13.2 Å². The number of amides is 1. The van der Waals surface area contributed by atoms with Gasteiger partial charge in [-0.2, -0.15) is 0 Å². The van der Waals surface area contributed by atoms with E-state index in [9.17, 15) is 26.7 Å². The number of halogens is 6. The summed E-state index contributed by atoms with van der Waals surface area (Å²) in [5, 5.41) is 0.158. The summed E-state index contributed by atoms with van der Waals surface area (Å²) < 4.78 is 70.1. The minimum absolute atomic E-state index is 0.158. The molecular weight excluding hydrogens is 541 g/mol. The molecule has 0 radical (unpaired) electrons. The van der Waals surface area contributed by atoms with Crippen molar-refractivity contribution < 1.29 is 31.5 Å². The van der Waals surface area contributed by atoms with Gasteiger partial charge >= 0.3 is 6.36 Å². The van der Waals surface area contributed by atoms with Crippen LogP contribution in [-0.2, 0) is 5.41 Å². The molecule has 1 fully saturated rings. The minimum Gasteiger partial charge on any atom is -0.406 e. The number of ether oxygens (including phenoxy) is 1. The molecule has 1 saturated heterocycles. The van der Waals surface area contributed by atoms with Crippen LogP contribution >= 0.6 is 11.6 Å². The summed E-state index contributed by atoms with van der Waals surface area (Å²) in [6.45, 7) is 2.00. The van der Waals surface area contributed by atoms with Crippen molar-refractivity contribution in [2.45, 2.75) is 24.6 Å². The lowest BCUT2D eigenvalue weighted by Gasteiger charge is -2.39. The zero-order valence-electron chi connectivity index (χ0n) is 20.5. The number of aromatic nitrogens is 1. The summed E-state index contributed by atoms with van der Waals surface area (Å²) in [6, 6.07) is 10.4. The first kappa shape index (κ1) is 27.1. The van der Waals surface area contributed by atoms with Crippen LogP contribution in [0.15, 0.2) is 60.8 Å². The van der Waals surface area contributed by atoms with Gasteiger partial charge in [0.1, 0.15) is 22.5 Å². The molecule has 11 heteroatoms. The number of rotatable bonds is 5. The van der Waals surface area contributed by atoms with Crippen LogP contribution in [0.3, 0.4) is 0 Å². The summed E-state index contributed by atoms with van der Waals surface area (Å²) in [4.78, 5) is 21.1. The monoisotopic (exact) mass is 563 g/mol. The molecule has 0 saturated carbocycles. The maximum Gasteiger partial charge on any atom is 0.573 e. The van der Waals surface area contributed by atoms with E-state index in [1.54, 1.807) is 23.1 Å². The highest BCUT2D eigenvalue weighted by Gasteiger charge is 2.47. The summed E-state index contributed by atoms with van der Waals surface area (Å²) in [5.74, 6) is -1.96. The predicted octanol–water partition coefficient (Wildman–Crippen LogP) is 6.62. The predicted molar refractivity (Wildman–Crippen MR) is 137 cm³/mol. The van der Waals surface area contributed by atoms with Gasteiger partial charge in [0, 0.05) is 47.6 Å². The second-order valence-electron chi connectivity index (χ2n) is 9.63. The van der Waals surface area contributed by atoms with Crippen LogP contribution in [0.4, 0.5) is 27.6 Å². The Morgan fingerprint density at radius 3 is 2.54 bits per heavy atom. The molecule has 0 aliphatic carbocycles. The Morgan fingerprint density at radius 1 is 1.08 bits per heavy atom. The number of carbonyl (C=O) groups is 1. The molecule has 2 aliphatic heterocycles. The maximum atomic E-state index is 13.9. The van der Waals surface area contributed by atoms with Gasteiger partial charge in [0.25, 0.3) is 5.91 Å². The van der Waals surface area contributed by atoms with Gasteiger partial charge in [-0.1, -0.05) is 23.8 Å². The third-order valence-corrected chi connectivity index (χ3v) is 7.39. The van der Waals surface area contributed by atoms with E-state index < -0.39 is 23.4 Å². The zero-order valence-corrected chi connectivity index (χ0v) is 21.3. The highest BCUT2D eigenvalue weighted by molar-refractivity contribution is 6.29. The first-order chi connectivity index (χ1) is 18.5. The van der Waals surface area contributed by atoms with Gasteiger partial charge in [0.05, 0.1) is 0 Å². The minimum atomic E-state index is -4.84. The summed E-state index contributed by atoms with van der Waals surface area (Å²) in [7, 11) is 0. The highest BCUT2D eigenvalue weighted by Crippen LogP contribution is 2.49. The largest absolute Gasteiger partial charge is 0.573 e. The highest BCUT2D eigenvalue weighted by atomic mass is 35.5. The lowest BCUT2D eigenvalue weighted by atomic mass is 9.74. The number of nitrogens with zero attached hydrogens (tertiary/aromatic N) is 3. The molecule has 0 unspecified atom stereocenters. The number of piperidine rings is 1.